The van der Waals surface area contributed by atoms with Gasteiger partial charge in [0.25, 0.3) is 0 Å². The molecular weight excluding hydrogens is 214 g/mol. The van der Waals surface area contributed by atoms with Crippen LogP contribution in [0, 0.1) is 16.7 Å². The Balaban J connectivity index is 2.39. The third-order valence-electron chi connectivity index (χ3n) is 3.82. The third-order valence-corrected chi connectivity index (χ3v) is 3.82. The molecule has 3 nitrogen and oxygen atoms in total. The van der Waals surface area contributed by atoms with E-state index in [1.165, 1.54) is 0 Å². The minimum Gasteiger partial charge on any atom is -0.497 e. The van der Waals surface area contributed by atoms with Gasteiger partial charge in [0.2, 0.25) is 0 Å². The fraction of sp³-hybridized carbons (Fsp3) is 0.500. The number of hydrogen-bond donors (Lipinski definition) is 0. The van der Waals surface area contributed by atoms with Crippen LogP contribution in [0.15, 0.2) is 24.3 Å². The monoisotopic (exact) mass is 231 g/mol. The maximum absolute atomic E-state index is 9.33. The summed E-state index contributed by atoms with van der Waals surface area (Å²) >= 11 is 0. The summed E-state index contributed by atoms with van der Waals surface area (Å²) in [5, 5.41) is 9.33. The van der Waals surface area contributed by atoms with Gasteiger partial charge in [0.1, 0.15) is 5.75 Å². The second kappa shape index (κ2) is 4.05. The molecule has 1 saturated heterocycles. The summed E-state index contributed by atoms with van der Waals surface area (Å²) in [6, 6.07) is 10.3. The lowest BCUT2D eigenvalue weighted by molar-refractivity contribution is -0.102. The predicted octanol–water partition coefficient (Wildman–Crippen LogP) is 2.51. The molecule has 3 heteroatoms. The molecule has 2 rings (SSSR count). The Bertz CT molecular complexity index is 438. The van der Waals surface area contributed by atoms with Crippen molar-refractivity contribution < 1.29 is 9.47 Å². The van der Waals surface area contributed by atoms with E-state index in [1.54, 1.807) is 7.11 Å². The van der Waals surface area contributed by atoms with E-state index in [-0.39, 0.29) is 5.41 Å². The topological polar surface area (TPSA) is 42.2 Å². The Morgan fingerprint density at radius 1 is 1.29 bits per heavy atom. The fourth-order valence-corrected chi connectivity index (χ4v) is 2.21. The number of nitrogens with zero attached hydrogens (tertiary/aromatic N) is 1. The van der Waals surface area contributed by atoms with E-state index >= 15 is 0 Å². The molecule has 1 aromatic rings. The number of hydrogen-bond acceptors (Lipinski definition) is 3. The highest BCUT2D eigenvalue weighted by Gasteiger charge is 2.52. The number of ether oxygens (including phenoxy) is 2. The number of rotatable bonds is 3. The molecule has 1 heterocycles. The van der Waals surface area contributed by atoms with Gasteiger partial charge in [-0.3, -0.25) is 0 Å². The van der Waals surface area contributed by atoms with Gasteiger partial charge in [-0.1, -0.05) is 12.1 Å². The molecule has 90 valence electrons. The van der Waals surface area contributed by atoms with Gasteiger partial charge in [-0.25, -0.2) is 0 Å². The zero-order valence-corrected chi connectivity index (χ0v) is 10.5. The number of methoxy groups -OCH3 is 1. The lowest BCUT2D eigenvalue weighted by atomic mass is 9.61. The summed E-state index contributed by atoms with van der Waals surface area (Å²) in [6.07, 6.45) is 0. The summed E-state index contributed by atoms with van der Waals surface area (Å²) in [4.78, 5) is 0. The van der Waals surface area contributed by atoms with Gasteiger partial charge in [0, 0.05) is 0 Å². The molecule has 0 radical (unpaired) electrons. The molecule has 1 aliphatic rings. The van der Waals surface area contributed by atoms with Crippen molar-refractivity contribution in [2.24, 2.45) is 5.41 Å². The Hall–Kier alpha value is -1.53. The van der Waals surface area contributed by atoms with Crippen LogP contribution in [0.5, 0.6) is 5.75 Å². The van der Waals surface area contributed by atoms with Crippen molar-refractivity contribution in [1.82, 2.24) is 0 Å². The number of nitriles is 1. The summed E-state index contributed by atoms with van der Waals surface area (Å²) in [5.74, 6) is 0.832. The quantitative estimate of drug-likeness (QED) is 0.802. The van der Waals surface area contributed by atoms with E-state index in [0.717, 1.165) is 11.3 Å². The molecule has 0 bridgehead atoms. The van der Waals surface area contributed by atoms with Crippen LogP contribution < -0.4 is 4.74 Å². The van der Waals surface area contributed by atoms with E-state index in [2.05, 4.69) is 6.07 Å². The average molecular weight is 231 g/mol. The molecule has 0 atom stereocenters. The standard InChI is InChI=1S/C14H17NO2/c1-13(2,8-15)14(9-17-10-14)11-4-6-12(16-3)7-5-11/h4-7H,9-10H2,1-3H3. The fourth-order valence-electron chi connectivity index (χ4n) is 2.21. The van der Waals surface area contributed by atoms with E-state index in [1.807, 2.05) is 38.1 Å². The molecule has 1 aromatic carbocycles. The Labute approximate surface area is 102 Å². The van der Waals surface area contributed by atoms with Crippen LogP contribution in [-0.4, -0.2) is 20.3 Å². The summed E-state index contributed by atoms with van der Waals surface area (Å²) in [7, 11) is 1.65. The SMILES string of the molecule is COc1ccc(C2(C(C)(C)C#N)COC2)cc1. The van der Waals surface area contributed by atoms with Crippen molar-refractivity contribution in [2.45, 2.75) is 19.3 Å². The van der Waals surface area contributed by atoms with Crippen molar-refractivity contribution in [2.75, 3.05) is 20.3 Å². The van der Waals surface area contributed by atoms with E-state index in [0.29, 0.717) is 13.2 Å². The predicted molar refractivity (Wildman–Crippen MR) is 64.9 cm³/mol. The zero-order chi connectivity index (χ0) is 12.5. The first-order chi connectivity index (χ1) is 8.05. The van der Waals surface area contributed by atoms with Gasteiger partial charge >= 0.3 is 0 Å². The van der Waals surface area contributed by atoms with Gasteiger partial charge in [0.15, 0.2) is 0 Å². The molecule has 1 fully saturated rings. The molecule has 0 saturated carbocycles. The molecular formula is C14H17NO2. The van der Waals surface area contributed by atoms with Gasteiger partial charge < -0.3 is 9.47 Å². The van der Waals surface area contributed by atoms with Crippen LogP contribution in [0.4, 0.5) is 0 Å². The second-order valence-electron chi connectivity index (χ2n) is 5.04. The molecule has 0 N–H and O–H groups in total. The minimum atomic E-state index is -0.431. The number of benzene rings is 1. The summed E-state index contributed by atoms with van der Waals surface area (Å²) in [6.45, 7) is 5.17. The van der Waals surface area contributed by atoms with Crippen molar-refractivity contribution in [3.63, 3.8) is 0 Å². The molecule has 0 aromatic heterocycles. The first kappa shape index (κ1) is 11.9. The highest BCUT2D eigenvalue weighted by Crippen LogP contribution is 2.47. The maximum Gasteiger partial charge on any atom is 0.118 e. The van der Waals surface area contributed by atoms with Crippen LogP contribution in [0.2, 0.25) is 0 Å². The smallest absolute Gasteiger partial charge is 0.118 e. The molecule has 0 amide bonds. The van der Waals surface area contributed by atoms with E-state index < -0.39 is 5.41 Å². The summed E-state index contributed by atoms with van der Waals surface area (Å²) < 4.78 is 10.5. The third kappa shape index (κ3) is 1.69. The normalized spacial score (nSPS) is 18.0. The van der Waals surface area contributed by atoms with Crippen molar-refractivity contribution in [3.05, 3.63) is 29.8 Å². The van der Waals surface area contributed by atoms with E-state index in [9.17, 15) is 5.26 Å². The van der Waals surface area contributed by atoms with Crippen LogP contribution in [0.3, 0.4) is 0 Å². The van der Waals surface area contributed by atoms with Crippen molar-refractivity contribution >= 4 is 0 Å². The van der Waals surface area contributed by atoms with Gasteiger partial charge in [-0.05, 0) is 31.5 Å². The van der Waals surface area contributed by atoms with Crippen molar-refractivity contribution in [1.29, 1.82) is 5.26 Å². The van der Waals surface area contributed by atoms with Crippen LogP contribution >= 0.6 is 0 Å². The second-order valence-corrected chi connectivity index (χ2v) is 5.04. The lowest BCUT2D eigenvalue weighted by Gasteiger charge is -2.49. The van der Waals surface area contributed by atoms with E-state index in [4.69, 9.17) is 9.47 Å². The Morgan fingerprint density at radius 2 is 1.88 bits per heavy atom. The first-order valence-electron chi connectivity index (χ1n) is 5.69. The maximum atomic E-state index is 9.33. The Kier molecular flexibility index (Phi) is 2.84. The first-order valence-corrected chi connectivity index (χ1v) is 5.69. The molecule has 17 heavy (non-hydrogen) atoms. The molecule has 0 unspecified atom stereocenters. The van der Waals surface area contributed by atoms with Crippen LogP contribution in [-0.2, 0) is 10.2 Å². The average Bonchev–Trinajstić information content (AvgIpc) is 2.28. The lowest BCUT2D eigenvalue weighted by Crippen LogP contribution is -2.56. The largest absolute Gasteiger partial charge is 0.497 e. The molecule has 0 spiro atoms. The van der Waals surface area contributed by atoms with Crippen LogP contribution in [0.1, 0.15) is 19.4 Å². The highest BCUT2D eigenvalue weighted by atomic mass is 16.5. The zero-order valence-electron chi connectivity index (χ0n) is 10.5. The van der Waals surface area contributed by atoms with Gasteiger partial charge in [0.05, 0.1) is 37.2 Å². The molecule has 0 aliphatic carbocycles. The summed E-state index contributed by atoms with van der Waals surface area (Å²) in [5.41, 5.74) is 0.532. The van der Waals surface area contributed by atoms with Crippen LogP contribution in [0.25, 0.3) is 0 Å². The Morgan fingerprint density at radius 3 is 2.24 bits per heavy atom. The van der Waals surface area contributed by atoms with Gasteiger partial charge in [-0.2, -0.15) is 5.26 Å². The highest BCUT2D eigenvalue weighted by molar-refractivity contribution is 5.37. The van der Waals surface area contributed by atoms with Gasteiger partial charge in [-0.15, -0.1) is 0 Å². The minimum absolute atomic E-state index is 0.186. The molecule has 1 aliphatic heterocycles. The van der Waals surface area contributed by atoms with Crippen molar-refractivity contribution in [3.8, 4) is 11.8 Å².